The predicted octanol–water partition coefficient (Wildman–Crippen LogP) is 3.93. The Labute approximate surface area is 130 Å². The van der Waals surface area contributed by atoms with Gasteiger partial charge < -0.3 is 4.40 Å². The number of halogens is 1. The molecular formula is C15H11ClN4S. The third-order valence-corrected chi connectivity index (χ3v) is 4.44. The van der Waals surface area contributed by atoms with E-state index in [4.69, 9.17) is 11.6 Å². The lowest BCUT2D eigenvalue weighted by Gasteiger charge is -1.98. The minimum absolute atomic E-state index is 0.707. The van der Waals surface area contributed by atoms with Crippen LogP contribution in [0.1, 0.15) is 5.69 Å². The second kappa shape index (κ2) is 5.09. The molecule has 0 saturated heterocycles. The van der Waals surface area contributed by atoms with Gasteiger partial charge in [0.1, 0.15) is 5.65 Å². The number of hydrogen-bond donors (Lipinski definition) is 0. The zero-order valence-corrected chi connectivity index (χ0v) is 12.6. The molecule has 0 atom stereocenters. The van der Waals surface area contributed by atoms with E-state index in [9.17, 15) is 0 Å². The Morgan fingerprint density at radius 3 is 3.05 bits per heavy atom. The van der Waals surface area contributed by atoms with Gasteiger partial charge in [-0.1, -0.05) is 29.4 Å². The molecule has 104 valence electrons. The van der Waals surface area contributed by atoms with Gasteiger partial charge in [0.05, 0.1) is 22.4 Å². The summed E-state index contributed by atoms with van der Waals surface area (Å²) in [5.41, 5.74) is 3.01. The van der Waals surface area contributed by atoms with Crippen molar-refractivity contribution in [2.45, 2.75) is 10.9 Å². The van der Waals surface area contributed by atoms with Crippen LogP contribution in [0, 0.1) is 0 Å². The second-order valence-corrected chi connectivity index (χ2v) is 6.05. The summed E-state index contributed by atoms with van der Waals surface area (Å²) in [7, 11) is 0. The second-order valence-electron chi connectivity index (χ2n) is 4.67. The van der Waals surface area contributed by atoms with Gasteiger partial charge in [-0.05, 0) is 24.3 Å². The quantitative estimate of drug-likeness (QED) is 0.537. The molecule has 0 N–H and O–H groups in total. The van der Waals surface area contributed by atoms with E-state index in [2.05, 4.69) is 14.4 Å². The van der Waals surface area contributed by atoms with Crippen molar-refractivity contribution in [1.29, 1.82) is 0 Å². The van der Waals surface area contributed by atoms with Gasteiger partial charge in [0.15, 0.2) is 5.16 Å². The van der Waals surface area contributed by atoms with E-state index in [1.54, 1.807) is 11.8 Å². The van der Waals surface area contributed by atoms with Crippen molar-refractivity contribution >= 4 is 34.5 Å². The van der Waals surface area contributed by atoms with Crippen LogP contribution >= 0.6 is 23.4 Å². The molecule has 0 saturated carbocycles. The fourth-order valence-corrected chi connectivity index (χ4v) is 3.27. The lowest BCUT2D eigenvalue weighted by Crippen LogP contribution is -1.87. The van der Waals surface area contributed by atoms with Gasteiger partial charge in [-0.2, -0.15) is 0 Å². The van der Waals surface area contributed by atoms with Crippen LogP contribution in [0.3, 0.4) is 0 Å². The van der Waals surface area contributed by atoms with Crippen molar-refractivity contribution in [2.75, 3.05) is 0 Å². The predicted molar refractivity (Wildman–Crippen MR) is 85.0 cm³/mol. The topological polar surface area (TPSA) is 34.6 Å². The minimum Gasteiger partial charge on any atom is -0.305 e. The SMILES string of the molecule is Clc1ccc2nc(CSc3ncc4ccccn34)cn2c1. The summed E-state index contributed by atoms with van der Waals surface area (Å²) in [6, 6.07) is 9.83. The van der Waals surface area contributed by atoms with Crippen molar-refractivity contribution in [3.63, 3.8) is 0 Å². The first-order chi connectivity index (χ1) is 10.3. The van der Waals surface area contributed by atoms with Crippen LogP contribution < -0.4 is 0 Å². The summed E-state index contributed by atoms with van der Waals surface area (Å²) in [5.74, 6) is 0.771. The van der Waals surface area contributed by atoms with Crippen LogP contribution in [0.4, 0.5) is 0 Å². The highest BCUT2D eigenvalue weighted by Crippen LogP contribution is 2.23. The fraction of sp³-hybridized carbons (Fsp3) is 0.0667. The highest BCUT2D eigenvalue weighted by molar-refractivity contribution is 7.98. The van der Waals surface area contributed by atoms with Gasteiger partial charge in [0.25, 0.3) is 0 Å². The number of nitrogens with zero attached hydrogens (tertiary/aromatic N) is 4. The van der Waals surface area contributed by atoms with Gasteiger partial charge >= 0.3 is 0 Å². The van der Waals surface area contributed by atoms with Crippen molar-refractivity contribution in [3.8, 4) is 0 Å². The monoisotopic (exact) mass is 314 g/mol. The van der Waals surface area contributed by atoms with E-state index >= 15 is 0 Å². The number of thioether (sulfide) groups is 1. The van der Waals surface area contributed by atoms with Crippen LogP contribution in [0.5, 0.6) is 0 Å². The number of pyridine rings is 2. The molecule has 4 heterocycles. The molecule has 0 fully saturated rings. The number of imidazole rings is 2. The van der Waals surface area contributed by atoms with Crippen molar-refractivity contribution in [2.24, 2.45) is 0 Å². The lowest BCUT2D eigenvalue weighted by atomic mass is 10.4. The maximum atomic E-state index is 5.98. The number of fused-ring (bicyclic) bond motifs is 2. The van der Waals surface area contributed by atoms with E-state index < -0.39 is 0 Å². The highest BCUT2D eigenvalue weighted by atomic mass is 35.5. The molecule has 4 nitrogen and oxygen atoms in total. The Morgan fingerprint density at radius 1 is 1.14 bits per heavy atom. The van der Waals surface area contributed by atoms with E-state index in [0.717, 1.165) is 27.8 Å². The average Bonchev–Trinajstić information content (AvgIpc) is 3.08. The Hall–Kier alpha value is -1.98. The molecule has 0 radical (unpaired) electrons. The summed E-state index contributed by atoms with van der Waals surface area (Å²) in [6.07, 6.45) is 7.77. The van der Waals surface area contributed by atoms with Crippen molar-refractivity contribution in [3.05, 3.63) is 65.8 Å². The van der Waals surface area contributed by atoms with E-state index in [-0.39, 0.29) is 0 Å². The van der Waals surface area contributed by atoms with Gasteiger partial charge in [0.2, 0.25) is 0 Å². The third-order valence-electron chi connectivity index (χ3n) is 3.22. The average molecular weight is 315 g/mol. The van der Waals surface area contributed by atoms with Gasteiger partial charge in [-0.25, -0.2) is 9.97 Å². The first-order valence-corrected chi connectivity index (χ1v) is 7.84. The molecule has 0 aliphatic heterocycles. The maximum absolute atomic E-state index is 5.98. The fourth-order valence-electron chi connectivity index (χ4n) is 2.25. The summed E-state index contributed by atoms with van der Waals surface area (Å²) in [4.78, 5) is 9.03. The lowest BCUT2D eigenvalue weighted by molar-refractivity contribution is 0.956. The molecule has 0 amide bonds. The third kappa shape index (κ3) is 2.39. The standard InChI is InChI=1S/C15H11ClN4S/c16-11-4-5-14-18-12(9-19(14)8-11)10-21-15-17-7-13-3-1-2-6-20(13)15/h1-9H,10H2. The molecule has 21 heavy (non-hydrogen) atoms. The largest absolute Gasteiger partial charge is 0.305 e. The van der Waals surface area contributed by atoms with Crippen LogP contribution in [0.15, 0.2) is 60.3 Å². The normalized spacial score (nSPS) is 11.5. The Bertz CT molecular complexity index is 928. The first kappa shape index (κ1) is 12.7. The molecule has 4 rings (SSSR count). The molecule has 0 spiro atoms. The van der Waals surface area contributed by atoms with Gasteiger partial charge in [-0.3, -0.25) is 4.40 Å². The Balaban J connectivity index is 1.60. The van der Waals surface area contributed by atoms with Crippen LogP contribution in [0.25, 0.3) is 11.2 Å². The smallest absolute Gasteiger partial charge is 0.172 e. The highest BCUT2D eigenvalue weighted by Gasteiger charge is 2.07. The van der Waals surface area contributed by atoms with E-state index in [0.29, 0.717) is 5.02 Å². The van der Waals surface area contributed by atoms with Crippen LogP contribution in [0.2, 0.25) is 5.02 Å². The number of hydrogen-bond acceptors (Lipinski definition) is 3. The Morgan fingerprint density at radius 2 is 2.10 bits per heavy atom. The van der Waals surface area contributed by atoms with E-state index in [1.165, 1.54) is 0 Å². The number of aromatic nitrogens is 4. The van der Waals surface area contributed by atoms with Gasteiger partial charge in [0, 0.05) is 24.3 Å². The first-order valence-electron chi connectivity index (χ1n) is 6.48. The zero-order valence-electron chi connectivity index (χ0n) is 11.0. The summed E-state index contributed by atoms with van der Waals surface area (Å²) in [6.45, 7) is 0. The van der Waals surface area contributed by atoms with E-state index in [1.807, 2.05) is 59.5 Å². The molecular weight excluding hydrogens is 304 g/mol. The molecule has 0 aliphatic rings. The van der Waals surface area contributed by atoms with Crippen LogP contribution in [-0.2, 0) is 5.75 Å². The van der Waals surface area contributed by atoms with Crippen molar-refractivity contribution in [1.82, 2.24) is 18.8 Å². The number of rotatable bonds is 3. The Kier molecular flexibility index (Phi) is 3.09. The zero-order chi connectivity index (χ0) is 14.2. The molecule has 6 heteroatoms. The maximum Gasteiger partial charge on any atom is 0.172 e. The molecule has 4 aromatic heterocycles. The van der Waals surface area contributed by atoms with Gasteiger partial charge in [-0.15, -0.1) is 0 Å². The molecule has 0 bridgehead atoms. The van der Waals surface area contributed by atoms with Crippen LogP contribution in [-0.4, -0.2) is 18.8 Å². The summed E-state index contributed by atoms with van der Waals surface area (Å²) >= 11 is 7.66. The minimum atomic E-state index is 0.707. The molecule has 0 unspecified atom stereocenters. The molecule has 0 aliphatic carbocycles. The molecule has 4 aromatic rings. The summed E-state index contributed by atoms with van der Waals surface area (Å²) < 4.78 is 4.03. The summed E-state index contributed by atoms with van der Waals surface area (Å²) in [5, 5.41) is 1.68. The van der Waals surface area contributed by atoms with Crippen molar-refractivity contribution < 1.29 is 0 Å². The molecule has 0 aromatic carbocycles.